The van der Waals surface area contributed by atoms with Crippen LogP contribution in [0.5, 0.6) is 0 Å². The molecule has 0 saturated carbocycles. The van der Waals surface area contributed by atoms with Crippen molar-refractivity contribution < 1.29 is 5.03 Å². The van der Waals surface area contributed by atoms with Crippen LogP contribution in [0.2, 0.25) is 0 Å². The predicted octanol–water partition coefficient (Wildman–Crippen LogP) is 4.10. The molecule has 29 heavy (non-hydrogen) atoms. The van der Waals surface area contributed by atoms with Gasteiger partial charge in [0.05, 0.1) is 6.67 Å². The lowest BCUT2D eigenvalue weighted by Gasteiger charge is -2.33. The van der Waals surface area contributed by atoms with Gasteiger partial charge in [-0.05, 0) is 72.5 Å². The molecule has 3 aromatic rings. The third kappa shape index (κ3) is 4.18. The molecule has 1 aliphatic heterocycles. The van der Waals surface area contributed by atoms with Crippen molar-refractivity contribution in [3.8, 4) is 0 Å². The molecule has 0 amide bonds. The lowest BCUT2D eigenvalue weighted by molar-refractivity contribution is -0.668. The SMILES string of the molecule is CN1CN(C)CN([N+](=O)[O-])C1.c1ccc2c(c1)ccc1c3c(ccc12)CCCC3. The summed E-state index contributed by atoms with van der Waals surface area (Å²) in [5.74, 6) is 0. The van der Waals surface area contributed by atoms with Gasteiger partial charge in [-0.1, -0.05) is 53.5 Å². The normalized spacial score (nSPS) is 17.7. The molecule has 1 saturated heterocycles. The zero-order chi connectivity index (χ0) is 20.4. The fraction of sp³-hybridized carbons (Fsp3) is 0.391. The summed E-state index contributed by atoms with van der Waals surface area (Å²) in [5, 5.41) is 16.8. The zero-order valence-electron chi connectivity index (χ0n) is 17.2. The highest BCUT2D eigenvalue weighted by Gasteiger charge is 2.24. The van der Waals surface area contributed by atoms with E-state index in [1.165, 1.54) is 52.2 Å². The number of benzene rings is 3. The van der Waals surface area contributed by atoms with E-state index in [2.05, 4.69) is 48.5 Å². The summed E-state index contributed by atoms with van der Waals surface area (Å²) in [6, 6.07) is 18.0. The Morgan fingerprint density at radius 3 is 2.24 bits per heavy atom. The van der Waals surface area contributed by atoms with Crippen molar-refractivity contribution >= 4 is 21.5 Å². The smallest absolute Gasteiger partial charge is 0.162 e. The molecular formula is C23H28N4O2. The molecule has 1 heterocycles. The van der Waals surface area contributed by atoms with E-state index in [0.29, 0.717) is 13.3 Å². The van der Waals surface area contributed by atoms with Gasteiger partial charge in [-0.3, -0.25) is 9.80 Å². The van der Waals surface area contributed by atoms with E-state index in [4.69, 9.17) is 0 Å². The minimum absolute atomic E-state index is 0.369. The summed E-state index contributed by atoms with van der Waals surface area (Å²) in [6.45, 7) is 1.58. The molecule has 0 atom stereocenters. The van der Waals surface area contributed by atoms with Crippen molar-refractivity contribution in [2.24, 2.45) is 0 Å². The Hall–Kier alpha value is -2.70. The molecule has 0 radical (unpaired) electrons. The Labute approximate surface area is 171 Å². The number of hydrogen-bond acceptors (Lipinski definition) is 4. The van der Waals surface area contributed by atoms with E-state index in [9.17, 15) is 10.1 Å². The summed E-state index contributed by atoms with van der Waals surface area (Å²) in [5.41, 5.74) is 3.17. The maximum absolute atomic E-state index is 10.3. The molecule has 152 valence electrons. The van der Waals surface area contributed by atoms with E-state index < -0.39 is 0 Å². The molecule has 6 heteroatoms. The van der Waals surface area contributed by atoms with Crippen LogP contribution >= 0.6 is 0 Å². The third-order valence-corrected chi connectivity index (χ3v) is 5.78. The second kappa shape index (κ2) is 8.35. The first kappa shape index (κ1) is 19.6. The summed E-state index contributed by atoms with van der Waals surface area (Å²) in [4.78, 5) is 14.1. The van der Waals surface area contributed by atoms with Gasteiger partial charge >= 0.3 is 0 Å². The Morgan fingerprint density at radius 1 is 0.793 bits per heavy atom. The predicted molar refractivity (Wildman–Crippen MR) is 117 cm³/mol. The first-order valence-corrected chi connectivity index (χ1v) is 10.2. The van der Waals surface area contributed by atoms with Crippen molar-refractivity contribution in [2.75, 3.05) is 34.1 Å². The van der Waals surface area contributed by atoms with Crippen LogP contribution in [-0.4, -0.2) is 53.9 Å². The highest BCUT2D eigenvalue weighted by Crippen LogP contribution is 2.33. The van der Waals surface area contributed by atoms with E-state index in [1.807, 2.05) is 23.9 Å². The average molecular weight is 393 g/mol. The summed E-state index contributed by atoms with van der Waals surface area (Å²) < 4.78 is 0. The minimum atomic E-state index is -0.369. The van der Waals surface area contributed by atoms with E-state index in [0.717, 1.165) is 6.67 Å². The Kier molecular flexibility index (Phi) is 5.65. The van der Waals surface area contributed by atoms with E-state index in [-0.39, 0.29) is 5.03 Å². The van der Waals surface area contributed by atoms with Crippen LogP contribution in [0.1, 0.15) is 24.0 Å². The fourth-order valence-electron chi connectivity index (χ4n) is 4.55. The van der Waals surface area contributed by atoms with Gasteiger partial charge in [-0.2, -0.15) is 0 Å². The molecule has 0 aromatic heterocycles. The van der Waals surface area contributed by atoms with Crippen LogP contribution in [0.25, 0.3) is 21.5 Å². The number of hydrogen-bond donors (Lipinski definition) is 0. The van der Waals surface area contributed by atoms with Crippen LogP contribution in [0.15, 0.2) is 48.5 Å². The van der Waals surface area contributed by atoms with Gasteiger partial charge in [0.2, 0.25) is 0 Å². The number of nitro groups is 1. The average Bonchev–Trinajstić information content (AvgIpc) is 2.73. The van der Waals surface area contributed by atoms with Crippen LogP contribution < -0.4 is 0 Å². The van der Waals surface area contributed by atoms with Gasteiger partial charge in [-0.25, -0.2) is 10.1 Å². The molecule has 6 nitrogen and oxygen atoms in total. The Balaban J connectivity index is 0.000000161. The van der Waals surface area contributed by atoms with Gasteiger partial charge in [-0.15, -0.1) is 0 Å². The molecule has 0 spiro atoms. The molecule has 5 rings (SSSR count). The molecule has 0 bridgehead atoms. The first-order chi connectivity index (χ1) is 14.0. The van der Waals surface area contributed by atoms with Crippen molar-refractivity contribution in [1.29, 1.82) is 0 Å². The number of hydrazine groups is 1. The van der Waals surface area contributed by atoms with Gasteiger partial charge in [0, 0.05) is 0 Å². The lowest BCUT2D eigenvalue weighted by atomic mass is 9.86. The number of rotatable bonds is 1. The summed E-state index contributed by atoms with van der Waals surface area (Å²) in [6.07, 6.45) is 5.22. The minimum Gasteiger partial charge on any atom is -0.271 e. The van der Waals surface area contributed by atoms with Crippen molar-refractivity contribution in [3.05, 3.63) is 69.8 Å². The van der Waals surface area contributed by atoms with Crippen molar-refractivity contribution in [3.63, 3.8) is 0 Å². The first-order valence-electron chi connectivity index (χ1n) is 10.2. The fourth-order valence-corrected chi connectivity index (χ4v) is 4.55. The lowest BCUT2D eigenvalue weighted by Crippen LogP contribution is -2.53. The van der Waals surface area contributed by atoms with Crippen LogP contribution in [-0.2, 0) is 12.8 Å². The topological polar surface area (TPSA) is 52.9 Å². The van der Waals surface area contributed by atoms with Crippen LogP contribution in [0, 0.1) is 10.1 Å². The van der Waals surface area contributed by atoms with Gasteiger partial charge < -0.3 is 0 Å². The maximum Gasteiger partial charge on any atom is 0.162 e. The number of nitrogens with zero attached hydrogens (tertiary/aromatic N) is 4. The maximum atomic E-state index is 10.3. The standard InChI is InChI=1S/C18H16.C5H12N4O2/c1-3-7-15-13(5-1)9-11-18-16-8-4-2-6-14(16)10-12-17(15)18;1-6-3-7(2)5-8(4-6)9(10)11/h1,3,5,7,9-12H,2,4,6,8H2;3-5H2,1-2H3. The highest BCUT2D eigenvalue weighted by molar-refractivity contribution is 6.08. The summed E-state index contributed by atoms with van der Waals surface area (Å²) in [7, 11) is 3.71. The van der Waals surface area contributed by atoms with Gasteiger partial charge in [0.15, 0.2) is 5.03 Å². The molecule has 0 unspecified atom stereocenters. The Bertz CT molecular complexity index is 1030. The van der Waals surface area contributed by atoms with E-state index >= 15 is 0 Å². The monoisotopic (exact) mass is 392 g/mol. The van der Waals surface area contributed by atoms with Gasteiger partial charge in [0.25, 0.3) is 0 Å². The summed E-state index contributed by atoms with van der Waals surface area (Å²) >= 11 is 0. The molecular weight excluding hydrogens is 364 g/mol. The number of aryl methyl sites for hydroxylation is 2. The van der Waals surface area contributed by atoms with Crippen LogP contribution in [0.4, 0.5) is 0 Å². The van der Waals surface area contributed by atoms with Crippen molar-refractivity contribution in [2.45, 2.75) is 25.7 Å². The second-order valence-corrected chi connectivity index (χ2v) is 8.17. The molecule has 0 N–H and O–H groups in total. The second-order valence-electron chi connectivity index (χ2n) is 8.17. The van der Waals surface area contributed by atoms with Crippen molar-refractivity contribution in [1.82, 2.24) is 14.8 Å². The molecule has 1 aliphatic carbocycles. The highest BCUT2D eigenvalue weighted by atomic mass is 16.7. The van der Waals surface area contributed by atoms with Crippen LogP contribution in [0.3, 0.4) is 0 Å². The molecule has 2 aliphatic rings. The van der Waals surface area contributed by atoms with Gasteiger partial charge in [0.1, 0.15) is 13.3 Å². The zero-order valence-corrected chi connectivity index (χ0v) is 17.2. The number of fused-ring (bicyclic) bond motifs is 5. The van der Waals surface area contributed by atoms with E-state index in [1.54, 1.807) is 11.1 Å². The largest absolute Gasteiger partial charge is 0.271 e. The quantitative estimate of drug-likeness (QED) is 0.354. The Morgan fingerprint density at radius 2 is 1.48 bits per heavy atom. The third-order valence-electron chi connectivity index (χ3n) is 5.78. The molecule has 3 aromatic carbocycles. The molecule has 1 fully saturated rings.